The van der Waals surface area contributed by atoms with Crippen LogP contribution in [0.15, 0.2) is 46.6 Å². The van der Waals surface area contributed by atoms with Crippen molar-refractivity contribution in [1.82, 2.24) is 0 Å². The number of azo groups is 1. The summed E-state index contributed by atoms with van der Waals surface area (Å²) in [6, 6.07) is 9.92. The molecule has 0 saturated heterocycles. The van der Waals surface area contributed by atoms with Gasteiger partial charge in [0.05, 0.1) is 25.2 Å². The Morgan fingerprint density at radius 3 is 2.52 bits per heavy atom. The lowest BCUT2D eigenvalue weighted by Crippen LogP contribution is -2.06. The van der Waals surface area contributed by atoms with Crippen molar-refractivity contribution in [3.05, 3.63) is 63.2 Å². The minimum Gasteiger partial charge on any atom is -0.493 e. The van der Waals surface area contributed by atoms with E-state index >= 15 is 0 Å². The fourth-order valence-electron chi connectivity index (χ4n) is 3.02. The molecule has 0 fully saturated rings. The molecule has 0 saturated carbocycles. The SMILES string of the molecule is COc1cc2c(cc1OC)C(c1cccc([N+](=O)[O-])c1)N=N[C@H](C)C2. The van der Waals surface area contributed by atoms with Gasteiger partial charge in [0, 0.05) is 12.1 Å². The third-order valence-corrected chi connectivity index (χ3v) is 4.23. The summed E-state index contributed by atoms with van der Waals surface area (Å²) in [5, 5.41) is 19.9. The summed E-state index contributed by atoms with van der Waals surface area (Å²) in [5.41, 5.74) is 2.73. The van der Waals surface area contributed by atoms with Crippen molar-refractivity contribution in [1.29, 1.82) is 0 Å². The highest BCUT2D eigenvalue weighted by atomic mass is 16.6. The van der Waals surface area contributed by atoms with Crippen molar-refractivity contribution >= 4 is 5.69 Å². The maximum Gasteiger partial charge on any atom is 0.269 e. The zero-order chi connectivity index (χ0) is 18.0. The van der Waals surface area contributed by atoms with Gasteiger partial charge in [0.25, 0.3) is 5.69 Å². The van der Waals surface area contributed by atoms with Crippen LogP contribution in [0.25, 0.3) is 0 Å². The molecule has 0 aromatic heterocycles. The topological polar surface area (TPSA) is 86.3 Å². The normalized spacial score (nSPS) is 19.0. The average Bonchev–Trinajstić information content (AvgIpc) is 2.78. The Morgan fingerprint density at radius 2 is 1.84 bits per heavy atom. The number of nitro groups is 1. The Hall–Kier alpha value is -2.96. The largest absolute Gasteiger partial charge is 0.493 e. The molecule has 2 aromatic rings. The first-order valence-corrected chi connectivity index (χ1v) is 7.92. The van der Waals surface area contributed by atoms with Gasteiger partial charge in [0.2, 0.25) is 0 Å². The predicted molar refractivity (Wildman–Crippen MR) is 92.5 cm³/mol. The summed E-state index contributed by atoms with van der Waals surface area (Å²) in [4.78, 5) is 10.7. The predicted octanol–water partition coefficient (Wildman–Crippen LogP) is 4.10. The second kappa shape index (κ2) is 6.88. The molecule has 2 atom stereocenters. The van der Waals surface area contributed by atoms with Gasteiger partial charge in [0.1, 0.15) is 6.04 Å². The maximum atomic E-state index is 11.1. The van der Waals surface area contributed by atoms with Crippen LogP contribution in [0.5, 0.6) is 11.5 Å². The molecule has 0 spiro atoms. The molecule has 130 valence electrons. The van der Waals surface area contributed by atoms with Gasteiger partial charge in [-0.2, -0.15) is 10.2 Å². The molecule has 0 aliphatic carbocycles. The number of nitrogens with zero attached hydrogens (tertiary/aromatic N) is 3. The van der Waals surface area contributed by atoms with Crippen LogP contribution in [0, 0.1) is 10.1 Å². The molecule has 0 N–H and O–H groups in total. The van der Waals surface area contributed by atoms with Crippen molar-refractivity contribution < 1.29 is 14.4 Å². The molecule has 7 heteroatoms. The van der Waals surface area contributed by atoms with Gasteiger partial charge in [-0.25, -0.2) is 0 Å². The van der Waals surface area contributed by atoms with Crippen LogP contribution in [-0.4, -0.2) is 25.2 Å². The summed E-state index contributed by atoms with van der Waals surface area (Å²) < 4.78 is 10.8. The Balaban J connectivity index is 2.16. The third kappa shape index (κ3) is 3.31. The standard InChI is InChI=1S/C18H19N3O4/c1-11-7-13-9-16(24-2)17(25-3)10-15(13)18(20-19-11)12-5-4-6-14(8-12)21(22)23/h4-6,8-11,18H,7H2,1-3H3/t11-,18?/m1/s1. The number of nitro benzene ring substituents is 1. The number of rotatable bonds is 4. The van der Waals surface area contributed by atoms with E-state index in [-0.39, 0.29) is 11.7 Å². The monoisotopic (exact) mass is 341 g/mol. The van der Waals surface area contributed by atoms with Crippen LogP contribution >= 0.6 is 0 Å². The van der Waals surface area contributed by atoms with E-state index in [1.54, 1.807) is 26.4 Å². The van der Waals surface area contributed by atoms with Crippen molar-refractivity contribution in [2.24, 2.45) is 10.2 Å². The van der Waals surface area contributed by atoms with Crippen LogP contribution in [0.3, 0.4) is 0 Å². The van der Waals surface area contributed by atoms with Crippen LogP contribution in [-0.2, 0) is 6.42 Å². The quantitative estimate of drug-likeness (QED) is 0.619. The average molecular weight is 341 g/mol. The fourth-order valence-corrected chi connectivity index (χ4v) is 3.02. The second-order valence-corrected chi connectivity index (χ2v) is 5.94. The van der Waals surface area contributed by atoms with E-state index in [0.29, 0.717) is 17.9 Å². The highest BCUT2D eigenvalue weighted by Gasteiger charge is 2.25. The Labute approximate surface area is 145 Å². The molecular weight excluding hydrogens is 322 g/mol. The second-order valence-electron chi connectivity index (χ2n) is 5.94. The lowest BCUT2D eigenvalue weighted by atomic mass is 9.92. The zero-order valence-electron chi connectivity index (χ0n) is 14.3. The number of ether oxygens (including phenoxy) is 2. The molecule has 1 unspecified atom stereocenters. The summed E-state index contributed by atoms with van der Waals surface area (Å²) >= 11 is 0. The maximum absolute atomic E-state index is 11.1. The third-order valence-electron chi connectivity index (χ3n) is 4.23. The lowest BCUT2D eigenvalue weighted by Gasteiger charge is -2.17. The van der Waals surface area contributed by atoms with Gasteiger partial charge in [0.15, 0.2) is 11.5 Å². The Bertz CT molecular complexity index is 835. The number of methoxy groups -OCH3 is 2. The summed E-state index contributed by atoms with van der Waals surface area (Å²) in [6.45, 7) is 1.99. The fraction of sp³-hybridized carbons (Fsp3) is 0.333. The first-order valence-electron chi connectivity index (χ1n) is 7.92. The molecular formula is C18H19N3O4. The molecule has 7 nitrogen and oxygen atoms in total. The number of fused-ring (bicyclic) bond motifs is 1. The van der Waals surface area contributed by atoms with E-state index in [0.717, 1.165) is 16.7 Å². The Kier molecular flexibility index (Phi) is 4.65. The summed E-state index contributed by atoms with van der Waals surface area (Å²) in [6.07, 6.45) is 0.713. The van der Waals surface area contributed by atoms with Crippen LogP contribution < -0.4 is 9.47 Å². The number of non-ortho nitro benzene ring substituents is 1. The minimum absolute atomic E-state index is 0.0144. The van der Waals surface area contributed by atoms with Crippen molar-refractivity contribution in [3.63, 3.8) is 0 Å². The molecule has 2 aromatic carbocycles. The highest BCUT2D eigenvalue weighted by Crippen LogP contribution is 2.40. The number of benzene rings is 2. The van der Waals surface area contributed by atoms with E-state index < -0.39 is 11.0 Å². The van der Waals surface area contributed by atoms with Crippen molar-refractivity contribution in [3.8, 4) is 11.5 Å². The van der Waals surface area contributed by atoms with E-state index in [9.17, 15) is 10.1 Å². The van der Waals surface area contributed by atoms with Gasteiger partial charge in [-0.1, -0.05) is 12.1 Å². The van der Waals surface area contributed by atoms with Gasteiger partial charge in [-0.05, 0) is 42.2 Å². The molecule has 1 aliphatic heterocycles. The lowest BCUT2D eigenvalue weighted by molar-refractivity contribution is -0.384. The highest BCUT2D eigenvalue weighted by molar-refractivity contribution is 5.52. The van der Waals surface area contributed by atoms with Crippen LogP contribution in [0.4, 0.5) is 5.69 Å². The van der Waals surface area contributed by atoms with Crippen molar-refractivity contribution in [2.75, 3.05) is 14.2 Å². The number of hydrogen-bond acceptors (Lipinski definition) is 6. The molecule has 0 bridgehead atoms. The smallest absolute Gasteiger partial charge is 0.269 e. The van der Waals surface area contributed by atoms with Gasteiger partial charge < -0.3 is 9.47 Å². The van der Waals surface area contributed by atoms with E-state index in [2.05, 4.69) is 10.2 Å². The van der Waals surface area contributed by atoms with E-state index in [1.807, 2.05) is 25.1 Å². The summed E-state index contributed by atoms with van der Waals surface area (Å²) in [7, 11) is 3.17. The van der Waals surface area contributed by atoms with Crippen LogP contribution in [0.2, 0.25) is 0 Å². The van der Waals surface area contributed by atoms with Gasteiger partial charge in [-0.3, -0.25) is 10.1 Å². The molecule has 1 aliphatic rings. The Morgan fingerprint density at radius 1 is 1.12 bits per heavy atom. The van der Waals surface area contributed by atoms with Gasteiger partial charge >= 0.3 is 0 Å². The molecule has 25 heavy (non-hydrogen) atoms. The van der Waals surface area contributed by atoms with Gasteiger partial charge in [-0.15, -0.1) is 0 Å². The zero-order valence-corrected chi connectivity index (χ0v) is 14.3. The molecule has 0 amide bonds. The first kappa shape index (κ1) is 16.9. The minimum atomic E-state index is -0.417. The van der Waals surface area contributed by atoms with E-state index in [1.165, 1.54) is 6.07 Å². The van der Waals surface area contributed by atoms with Crippen molar-refractivity contribution in [2.45, 2.75) is 25.4 Å². The summed E-state index contributed by atoms with van der Waals surface area (Å²) in [5.74, 6) is 1.24. The van der Waals surface area contributed by atoms with Crippen LogP contribution in [0.1, 0.15) is 29.7 Å². The van der Waals surface area contributed by atoms with E-state index in [4.69, 9.17) is 9.47 Å². The molecule has 0 radical (unpaired) electrons. The molecule has 3 rings (SSSR count). The first-order chi connectivity index (χ1) is 12.0. The molecule has 1 heterocycles. The number of hydrogen-bond donors (Lipinski definition) is 0.